The molecule has 126 valence electrons. The van der Waals surface area contributed by atoms with Gasteiger partial charge in [-0.05, 0) is 61.7 Å². The van der Waals surface area contributed by atoms with Crippen LogP contribution in [0.25, 0.3) is 0 Å². The standard InChI is InChI=1S/C18H27N3O2/c1-3-16-19-15(20-23-16)11-21(2)17(22)10-18-7-12-4-13(8-18)6-14(5-12)9-18/h12-14H,3-11H2,1-2H3. The van der Waals surface area contributed by atoms with Gasteiger partial charge in [0.2, 0.25) is 11.8 Å². The van der Waals surface area contributed by atoms with Crippen molar-refractivity contribution in [3.8, 4) is 0 Å². The number of rotatable bonds is 5. The number of aryl methyl sites for hydroxylation is 1. The average Bonchev–Trinajstić information content (AvgIpc) is 2.92. The Morgan fingerprint density at radius 3 is 2.35 bits per heavy atom. The fraction of sp³-hybridized carbons (Fsp3) is 0.833. The molecule has 0 spiro atoms. The minimum Gasteiger partial charge on any atom is -0.339 e. The lowest BCUT2D eigenvalue weighted by atomic mass is 9.49. The summed E-state index contributed by atoms with van der Waals surface area (Å²) in [4.78, 5) is 18.8. The van der Waals surface area contributed by atoms with E-state index in [1.165, 1.54) is 38.5 Å². The van der Waals surface area contributed by atoms with Gasteiger partial charge >= 0.3 is 0 Å². The summed E-state index contributed by atoms with van der Waals surface area (Å²) in [5.41, 5.74) is 0.298. The first kappa shape index (κ1) is 15.2. The third-order valence-corrected chi connectivity index (χ3v) is 6.31. The third kappa shape index (κ3) is 2.90. The van der Waals surface area contributed by atoms with Gasteiger partial charge in [0.15, 0.2) is 5.82 Å². The van der Waals surface area contributed by atoms with Crippen molar-refractivity contribution in [2.24, 2.45) is 23.2 Å². The smallest absolute Gasteiger partial charge is 0.226 e. The van der Waals surface area contributed by atoms with Gasteiger partial charge in [0.1, 0.15) is 0 Å². The summed E-state index contributed by atoms with van der Waals surface area (Å²) in [7, 11) is 1.87. The van der Waals surface area contributed by atoms with Gasteiger partial charge in [-0.1, -0.05) is 12.1 Å². The second-order valence-electron chi connectivity index (χ2n) is 8.30. The molecule has 4 aliphatic carbocycles. The molecule has 23 heavy (non-hydrogen) atoms. The molecule has 0 unspecified atom stereocenters. The first-order chi connectivity index (χ1) is 11.0. The highest BCUT2D eigenvalue weighted by Crippen LogP contribution is 2.61. The fourth-order valence-corrected chi connectivity index (χ4v) is 5.76. The lowest BCUT2D eigenvalue weighted by molar-refractivity contribution is -0.138. The van der Waals surface area contributed by atoms with Crippen molar-refractivity contribution in [3.05, 3.63) is 11.7 Å². The largest absolute Gasteiger partial charge is 0.339 e. The van der Waals surface area contributed by atoms with Crippen LogP contribution < -0.4 is 0 Å². The Morgan fingerprint density at radius 1 is 1.22 bits per heavy atom. The Bertz CT molecular complexity index is 560. The van der Waals surface area contributed by atoms with Crippen LogP contribution in [0.1, 0.15) is 63.6 Å². The van der Waals surface area contributed by atoms with E-state index in [0.717, 1.165) is 24.2 Å². The van der Waals surface area contributed by atoms with E-state index < -0.39 is 0 Å². The maximum absolute atomic E-state index is 12.7. The summed E-state index contributed by atoms with van der Waals surface area (Å²) in [6.07, 6.45) is 9.55. The summed E-state index contributed by atoms with van der Waals surface area (Å²) in [6.45, 7) is 2.44. The Balaban J connectivity index is 1.39. The Kier molecular flexibility index (Phi) is 3.69. The monoisotopic (exact) mass is 317 g/mol. The van der Waals surface area contributed by atoms with E-state index in [1.54, 1.807) is 4.90 Å². The van der Waals surface area contributed by atoms with Crippen LogP contribution in [0, 0.1) is 23.2 Å². The van der Waals surface area contributed by atoms with Gasteiger partial charge in [-0.3, -0.25) is 4.79 Å². The maximum Gasteiger partial charge on any atom is 0.226 e. The number of aromatic nitrogens is 2. The summed E-state index contributed by atoms with van der Waals surface area (Å²) < 4.78 is 5.13. The molecule has 5 nitrogen and oxygen atoms in total. The average molecular weight is 317 g/mol. The Hall–Kier alpha value is -1.39. The van der Waals surface area contributed by atoms with Crippen molar-refractivity contribution in [2.75, 3.05) is 7.05 Å². The van der Waals surface area contributed by atoms with Crippen LogP contribution in [0.2, 0.25) is 0 Å². The molecule has 0 saturated heterocycles. The van der Waals surface area contributed by atoms with E-state index in [2.05, 4.69) is 10.1 Å². The van der Waals surface area contributed by atoms with Crippen LogP contribution in [-0.4, -0.2) is 28.0 Å². The van der Waals surface area contributed by atoms with Crippen molar-refractivity contribution < 1.29 is 9.32 Å². The van der Waals surface area contributed by atoms with Crippen LogP contribution in [0.4, 0.5) is 0 Å². The molecule has 4 bridgehead atoms. The SMILES string of the molecule is CCc1nc(CN(C)C(=O)CC23CC4CC(CC(C4)C2)C3)no1. The van der Waals surface area contributed by atoms with Crippen molar-refractivity contribution in [3.63, 3.8) is 0 Å². The topological polar surface area (TPSA) is 59.2 Å². The molecular formula is C18H27N3O2. The van der Waals surface area contributed by atoms with Gasteiger partial charge in [0, 0.05) is 19.9 Å². The summed E-state index contributed by atoms with van der Waals surface area (Å²) in [5.74, 6) is 4.18. The van der Waals surface area contributed by atoms with Crippen LogP contribution in [0.15, 0.2) is 4.52 Å². The summed E-state index contributed by atoms with van der Waals surface area (Å²) in [6, 6.07) is 0. The maximum atomic E-state index is 12.7. The Morgan fingerprint density at radius 2 is 1.83 bits per heavy atom. The highest BCUT2D eigenvalue weighted by atomic mass is 16.5. The van der Waals surface area contributed by atoms with Crippen molar-refractivity contribution in [1.29, 1.82) is 0 Å². The molecule has 0 N–H and O–H groups in total. The van der Waals surface area contributed by atoms with Crippen molar-refractivity contribution >= 4 is 5.91 Å². The molecule has 0 radical (unpaired) electrons. The molecule has 5 rings (SSSR count). The van der Waals surface area contributed by atoms with Crippen LogP contribution >= 0.6 is 0 Å². The minimum absolute atomic E-state index is 0.245. The number of carbonyl (C=O) groups excluding carboxylic acids is 1. The molecule has 1 amide bonds. The fourth-order valence-electron chi connectivity index (χ4n) is 5.76. The van der Waals surface area contributed by atoms with Crippen molar-refractivity contribution in [1.82, 2.24) is 15.0 Å². The molecular weight excluding hydrogens is 290 g/mol. The van der Waals surface area contributed by atoms with Gasteiger partial charge < -0.3 is 9.42 Å². The predicted octanol–water partition coefficient (Wildman–Crippen LogP) is 3.20. The summed E-state index contributed by atoms with van der Waals surface area (Å²) in [5, 5.41) is 3.96. The molecule has 1 heterocycles. The number of carbonyl (C=O) groups is 1. The van der Waals surface area contributed by atoms with Gasteiger partial charge in [0.05, 0.1) is 6.54 Å². The van der Waals surface area contributed by atoms with Crippen LogP contribution in [-0.2, 0) is 17.8 Å². The second-order valence-corrected chi connectivity index (χ2v) is 8.30. The number of amides is 1. The molecule has 4 saturated carbocycles. The van der Waals surface area contributed by atoms with E-state index >= 15 is 0 Å². The zero-order valence-corrected chi connectivity index (χ0v) is 14.3. The van der Waals surface area contributed by atoms with Crippen LogP contribution in [0.3, 0.4) is 0 Å². The predicted molar refractivity (Wildman–Crippen MR) is 85.4 cm³/mol. The van der Waals surface area contributed by atoms with E-state index in [9.17, 15) is 4.79 Å². The van der Waals surface area contributed by atoms with Gasteiger partial charge in [-0.15, -0.1) is 0 Å². The third-order valence-electron chi connectivity index (χ3n) is 6.31. The normalized spacial score (nSPS) is 34.8. The molecule has 0 atom stereocenters. The van der Waals surface area contributed by atoms with E-state index in [4.69, 9.17) is 4.52 Å². The molecule has 4 aliphatic rings. The van der Waals surface area contributed by atoms with Crippen LogP contribution in [0.5, 0.6) is 0 Å². The molecule has 5 heteroatoms. The molecule has 0 aromatic carbocycles. The Labute approximate surface area is 137 Å². The van der Waals surface area contributed by atoms with E-state index in [1.807, 2.05) is 14.0 Å². The molecule has 1 aromatic rings. The van der Waals surface area contributed by atoms with Gasteiger partial charge in [0.25, 0.3) is 0 Å². The summed E-state index contributed by atoms with van der Waals surface area (Å²) >= 11 is 0. The van der Waals surface area contributed by atoms with E-state index in [-0.39, 0.29) is 5.91 Å². The van der Waals surface area contributed by atoms with E-state index in [0.29, 0.717) is 30.1 Å². The lowest BCUT2D eigenvalue weighted by Gasteiger charge is -2.56. The highest BCUT2D eigenvalue weighted by molar-refractivity contribution is 5.76. The quantitative estimate of drug-likeness (QED) is 0.837. The number of hydrogen-bond acceptors (Lipinski definition) is 4. The second kappa shape index (κ2) is 5.60. The van der Waals surface area contributed by atoms with Gasteiger partial charge in [-0.25, -0.2) is 0 Å². The zero-order valence-electron chi connectivity index (χ0n) is 14.3. The van der Waals surface area contributed by atoms with Crippen molar-refractivity contribution in [2.45, 2.75) is 64.8 Å². The minimum atomic E-state index is 0.245. The first-order valence-corrected chi connectivity index (χ1v) is 9.10. The highest BCUT2D eigenvalue weighted by Gasteiger charge is 2.51. The number of nitrogens with zero attached hydrogens (tertiary/aromatic N) is 3. The molecule has 0 aliphatic heterocycles. The number of hydrogen-bond donors (Lipinski definition) is 0. The first-order valence-electron chi connectivity index (χ1n) is 9.10. The van der Waals surface area contributed by atoms with Gasteiger partial charge in [-0.2, -0.15) is 4.98 Å². The zero-order chi connectivity index (χ0) is 16.0. The lowest BCUT2D eigenvalue weighted by Crippen LogP contribution is -2.48. The molecule has 4 fully saturated rings. The molecule has 1 aromatic heterocycles.